The zero-order chi connectivity index (χ0) is 13.6. The zero-order valence-electron chi connectivity index (χ0n) is 10.9. The molecular formula is C11H23N3O3S. The number of hydrogen-bond acceptors (Lipinski definition) is 4. The third-order valence-corrected chi connectivity index (χ3v) is 5.14. The van der Waals surface area contributed by atoms with Crippen LogP contribution in [0.1, 0.15) is 32.6 Å². The molecule has 1 unspecified atom stereocenters. The van der Waals surface area contributed by atoms with Gasteiger partial charge in [0.2, 0.25) is 15.9 Å². The number of nitrogens with one attached hydrogen (secondary N) is 1. The van der Waals surface area contributed by atoms with Crippen LogP contribution in [-0.4, -0.2) is 50.1 Å². The largest absolute Gasteiger partial charge is 0.369 e. The average molecular weight is 277 g/mol. The molecule has 0 bridgehead atoms. The van der Waals surface area contributed by atoms with Gasteiger partial charge < -0.3 is 11.1 Å². The van der Waals surface area contributed by atoms with Crippen molar-refractivity contribution in [1.29, 1.82) is 0 Å². The van der Waals surface area contributed by atoms with Gasteiger partial charge in [0.25, 0.3) is 0 Å². The Labute approximate surface area is 109 Å². The number of nitrogens with zero attached hydrogens (tertiary/aromatic N) is 1. The minimum Gasteiger partial charge on any atom is -0.369 e. The number of hydrogen-bond donors (Lipinski definition) is 2. The van der Waals surface area contributed by atoms with E-state index in [2.05, 4.69) is 5.32 Å². The van der Waals surface area contributed by atoms with Gasteiger partial charge in [-0.2, -0.15) is 4.31 Å². The summed E-state index contributed by atoms with van der Waals surface area (Å²) in [4.78, 5) is 10.8. The maximum absolute atomic E-state index is 12.0. The van der Waals surface area contributed by atoms with E-state index in [4.69, 9.17) is 5.73 Å². The summed E-state index contributed by atoms with van der Waals surface area (Å²) in [6, 6.07) is 0.279. The van der Waals surface area contributed by atoms with Crippen LogP contribution in [-0.2, 0) is 14.8 Å². The Morgan fingerprint density at radius 3 is 2.67 bits per heavy atom. The van der Waals surface area contributed by atoms with Crippen molar-refractivity contribution in [2.24, 2.45) is 5.73 Å². The van der Waals surface area contributed by atoms with Crippen molar-refractivity contribution in [3.63, 3.8) is 0 Å². The summed E-state index contributed by atoms with van der Waals surface area (Å²) in [6.45, 7) is 2.73. The first-order chi connectivity index (χ1) is 8.45. The fourth-order valence-corrected chi connectivity index (χ4v) is 3.73. The third-order valence-electron chi connectivity index (χ3n) is 3.21. The summed E-state index contributed by atoms with van der Waals surface area (Å²) < 4.78 is 25.2. The summed E-state index contributed by atoms with van der Waals surface area (Å²) in [5, 5.41) is 3.31. The van der Waals surface area contributed by atoms with Gasteiger partial charge in [-0.25, -0.2) is 8.42 Å². The minimum atomic E-state index is -3.37. The number of amides is 1. The molecule has 1 amide bonds. The van der Waals surface area contributed by atoms with Crippen molar-refractivity contribution in [3.05, 3.63) is 0 Å². The van der Waals surface area contributed by atoms with Gasteiger partial charge in [0, 0.05) is 12.6 Å². The summed E-state index contributed by atoms with van der Waals surface area (Å²) in [7, 11) is -3.37. The van der Waals surface area contributed by atoms with Gasteiger partial charge in [-0.3, -0.25) is 4.79 Å². The molecular weight excluding hydrogens is 254 g/mol. The van der Waals surface area contributed by atoms with Crippen molar-refractivity contribution in [2.75, 3.05) is 25.4 Å². The normalized spacial score (nSPS) is 21.1. The maximum Gasteiger partial charge on any atom is 0.232 e. The Morgan fingerprint density at radius 2 is 2.17 bits per heavy atom. The summed E-state index contributed by atoms with van der Waals surface area (Å²) in [5.74, 6) is -0.539. The molecule has 106 valence electrons. The quantitative estimate of drug-likeness (QED) is 0.665. The number of sulfonamides is 1. The predicted octanol–water partition coefficient (Wildman–Crippen LogP) is -0.344. The van der Waals surface area contributed by atoms with Gasteiger partial charge in [0.15, 0.2) is 0 Å². The first-order valence-corrected chi connectivity index (χ1v) is 8.06. The molecule has 6 nitrogen and oxygen atoms in total. The van der Waals surface area contributed by atoms with Crippen LogP contribution in [0, 0.1) is 0 Å². The highest BCUT2D eigenvalue weighted by atomic mass is 32.2. The monoisotopic (exact) mass is 277 g/mol. The van der Waals surface area contributed by atoms with Crippen molar-refractivity contribution in [1.82, 2.24) is 9.62 Å². The second-order valence-corrected chi connectivity index (χ2v) is 6.73. The summed E-state index contributed by atoms with van der Waals surface area (Å²) in [6.07, 6.45) is 3.93. The highest BCUT2D eigenvalue weighted by Crippen LogP contribution is 2.12. The molecule has 1 atom stereocenters. The van der Waals surface area contributed by atoms with Gasteiger partial charge in [-0.05, 0) is 25.8 Å². The van der Waals surface area contributed by atoms with Crippen molar-refractivity contribution >= 4 is 15.9 Å². The minimum absolute atomic E-state index is 0.0752. The lowest BCUT2D eigenvalue weighted by Crippen LogP contribution is -2.41. The molecule has 0 aliphatic carbocycles. The number of rotatable bonds is 7. The second-order valence-electron chi connectivity index (χ2n) is 4.64. The van der Waals surface area contributed by atoms with Crippen LogP contribution in [0.3, 0.4) is 0 Å². The molecule has 0 spiro atoms. The number of nitrogens with two attached hydrogens (primary N) is 1. The molecule has 7 heteroatoms. The van der Waals surface area contributed by atoms with E-state index in [0.717, 1.165) is 30.1 Å². The zero-order valence-corrected chi connectivity index (χ0v) is 11.7. The standard InChI is InChI=1S/C11H23N3O3S/c1-2-14(9-11(12)15)18(16,17)8-6-10-5-3-4-7-13-10/h10,13H,2-9H2,1H3,(H2,12,15). The lowest BCUT2D eigenvalue weighted by Gasteiger charge is -2.25. The lowest BCUT2D eigenvalue weighted by atomic mass is 10.0. The fraction of sp³-hybridized carbons (Fsp3) is 0.909. The van der Waals surface area contributed by atoms with Crippen LogP contribution in [0.25, 0.3) is 0 Å². The molecule has 0 radical (unpaired) electrons. The molecule has 0 saturated carbocycles. The Balaban J connectivity index is 2.48. The van der Waals surface area contributed by atoms with Gasteiger partial charge in [0.05, 0.1) is 12.3 Å². The van der Waals surface area contributed by atoms with E-state index >= 15 is 0 Å². The van der Waals surface area contributed by atoms with Gasteiger partial charge in [-0.1, -0.05) is 13.3 Å². The highest BCUT2D eigenvalue weighted by molar-refractivity contribution is 7.89. The Bertz CT molecular complexity index is 364. The first kappa shape index (κ1) is 15.4. The van der Waals surface area contributed by atoms with Crippen LogP contribution < -0.4 is 11.1 Å². The van der Waals surface area contributed by atoms with Crippen molar-refractivity contribution < 1.29 is 13.2 Å². The Morgan fingerprint density at radius 1 is 1.44 bits per heavy atom. The third kappa shape index (κ3) is 4.91. The van der Waals surface area contributed by atoms with Gasteiger partial charge in [0.1, 0.15) is 0 Å². The molecule has 18 heavy (non-hydrogen) atoms. The van der Waals surface area contributed by atoms with Crippen LogP contribution in [0.15, 0.2) is 0 Å². The lowest BCUT2D eigenvalue weighted by molar-refractivity contribution is -0.118. The maximum atomic E-state index is 12.0. The average Bonchev–Trinajstić information content (AvgIpc) is 2.34. The van der Waals surface area contributed by atoms with E-state index in [0.29, 0.717) is 6.42 Å². The van der Waals surface area contributed by atoms with Gasteiger partial charge >= 0.3 is 0 Å². The predicted molar refractivity (Wildman–Crippen MR) is 70.5 cm³/mol. The molecule has 1 fully saturated rings. The number of carbonyl (C=O) groups excluding carboxylic acids is 1. The van der Waals surface area contributed by atoms with E-state index in [1.807, 2.05) is 0 Å². The molecule has 0 aromatic carbocycles. The molecule has 1 heterocycles. The molecule has 1 aliphatic heterocycles. The highest BCUT2D eigenvalue weighted by Gasteiger charge is 2.24. The number of likely N-dealkylation sites (N-methyl/N-ethyl adjacent to an activating group) is 1. The molecule has 1 aliphatic rings. The van der Waals surface area contributed by atoms with Crippen LogP contribution in [0.2, 0.25) is 0 Å². The van der Waals surface area contributed by atoms with E-state index in [1.165, 1.54) is 0 Å². The first-order valence-electron chi connectivity index (χ1n) is 6.45. The fourth-order valence-electron chi connectivity index (χ4n) is 2.17. The van der Waals surface area contributed by atoms with Crippen molar-refractivity contribution in [2.45, 2.75) is 38.6 Å². The van der Waals surface area contributed by atoms with Crippen LogP contribution in [0.5, 0.6) is 0 Å². The number of primary amides is 1. The SMILES string of the molecule is CCN(CC(N)=O)S(=O)(=O)CCC1CCCCN1. The Hall–Kier alpha value is -0.660. The number of piperidine rings is 1. The smallest absolute Gasteiger partial charge is 0.232 e. The molecule has 0 aromatic rings. The van der Waals surface area contributed by atoms with Crippen molar-refractivity contribution in [3.8, 4) is 0 Å². The molecule has 0 aromatic heterocycles. The van der Waals surface area contributed by atoms with E-state index in [-0.39, 0.29) is 24.9 Å². The number of carbonyl (C=O) groups is 1. The second kappa shape index (κ2) is 7.06. The van der Waals surface area contributed by atoms with E-state index < -0.39 is 15.9 Å². The van der Waals surface area contributed by atoms with E-state index in [1.54, 1.807) is 6.92 Å². The van der Waals surface area contributed by atoms with Crippen LogP contribution >= 0.6 is 0 Å². The van der Waals surface area contributed by atoms with Gasteiger partial charge in [-0.15, -0.1) is 0 Å². The topological polar surface area (TPSA) is 92.5 Å². The summed E-state index contributed by atoms with van der Waals surface area (Å²) in [5.41, 5.74) is 5.05. The summed E-state index contributed by atoms with van der Waals surface area (Å²) >= 11 is 0. The van der Waals surface area contributed by atoms with Crippen LogP contribution in [0.4, 0.5) is 0 Å². The Kier molecular flexibility index (Phi) is 6.04. The van der Waals surface area contributed by atoms with E-state index in [9.17, 15) is 13.2 Å². The molecule has 1 rings (SSSR count). The molecule has 1 saturated heterocycles. The molecule has 3 N–H and O–H groups in total.